The van der Waals surface area contributed by atoms with E-state index < -0.39 is 15.0 Å². The number of nitrogens with zero attached hydrogens (tertiary/aromatic N) is 2. The zero-order valence-electron chi connectivity index (χ0n) is 8.43. The molecular formula is C10H10N2O2Se. The fourth-order valence-corrected chi connectivity index (χ4v) is 0.834. The maximum atomic E-state index is 7.62. The Balaban J connectivity index is 0.000000336. The Bertz CT molecular complexity index is 337. The molecule has 0 radical (unpaired) electrons. The van der Waals surface area contributed by atoms with E-state index >= 15 is 0 Å². The van der Waals surface area contributed by atoms with Crippen molar-refractivity contribution in [3.63, 3.8) is 0 Å². The predicted molar refractivity (Wildman–Crippen MR) is 56.5 cm³/mol. The molecule has 0 spiro atoms. The van der Waals surface area contributed by atoms with Crippen molar-refractivity contribution in [1.29, 1.82) is 10.5 Å². The molecule has 0 aliphatic carbocycles. The summed E-state index contributed by atoms with van der Waals surface area (Å²) in [5, 5.41) is 15.2. The molecule has 0 heterocycles. The van der Waals surface area contributed by atoms with Crippen LogP contribution in [0.2, 0.25) is 0 Å². The summed E-state index contributed by atoms with van der Waals surface area (Å²) in [5.41, 5.74) is 0. The second-order valence-electron chi connectivity index (χ2n) is 2.17. The zero-order valence-corrected chi connectivity index (χ0v) is 10.1. The first-order chi connectivity index (χ1) is 7.28. The molecule has 0 saturated carbocycles. The van der Waals surface area contributed by atoms with Gasteiger partial charge in [0.2, 0.25) is 0 Å². The third-order valence-electron chi connectivity index (χ3n) is 1.37. The normalized spacial score (nSPS) is 7.47. The summed E-state index contributed by atoms with van der Waals surface area (Å²) in [6.07, 6.45) is 0. The van der Waals surface area contributed by atoms with Crippen LogP contribution in [0.1, 0.15) is 0 Å². The van der Waals surface area contributed by atoms with Gasteiger partial charge in [-0.3, -0.25) is 0 Å². The van der Waals surface area contributed by atoms with Gasteiger partial charge in [0.1, 0.15) is 11.5 Å². The second kappa shape index (κ2) is 8.90. The molecule has 1 aromatic rings. The first kappa shape index (κ1) is 13.3. The molecule has 5 heteroatoms. The van der Waals surface area contributed by atoms with E-state index in [0.29, 0.717) is 0 Å². The van der Waals surface area contributed by atoms with Crippen LogP contribution in [0.25, 0.3) is 0 Å². The first-order valence-corrected chi connectivity index (χ1v) is 5.61. The fraction of sp³-hybridized carbons (Fsp3) is 0.200. The van der Waals surface area contributed by atoms with Crippen molar-refractivity contribution in [3.05, 3.63) is 24.3 Å². The molecule has 0 saturated heterocycles. The molecule has 0 amide bonds. The number of hydrogen-bond acceptors (Lipinski definition) is 4. The van der Waals surface area contributed by atoms with Crippen LogP contribution in [0.5, 0.6) is 11.5 Å². The quantitative estimate of drug-likeness (QED) is 0.760. The van der Waals surface area contributed by atoms with Gasteiger partial charge < -0.3 is 9.47 Å². The average Bonchev–Trinajstić information content (AvgIpc) is 2.31. The molecule has 0 bridgehead atoms. The molecule has 15 heavy (non-hydrogen) atoms. The van der Waals surface area contributed by atoms with Crippen molar-refractivity contribution in [2.75, 3.05) is 14.2 Å². The monoisotopic (exact) mass is 270 g/mol. The van der Waals surface area contributed by atoms with E-state index in [9.17, 15) is 0 Å². The number of ether oxygens (including phenoxy) is 2. The summed E-state index contributed by atoms with van der Waals surface area (Å²) < 4.78 is 9.95. The van der Waals surface area contributed by atoms with Gasteiger partial charge in [-0.05, 0) is 12.1 Å². The van der Waals surface area contributed by atoms with Gasteiger partial charge in [-0.15, -0.1) is 0 Å². The Morgan fingerprint density at radius 2 is 1.53 bits per heavy atom. The van der Waals surface area contributed by atoms with E-state index in [2.05, 4.69) is 0 Å². The molecule has 1 aromatic carbocycles. The standard InChI is InChI=1S/C8H10O2.C2N2Se/c1-9-7-4-3-5-8(6-7)10-2;3-1-5-2-4/h3-6H,1-2H3;. The third-order valence-corrected chi connectivity index (χ3v) is 1.75. The van der Waals surface area contributed by atoms with Gasteiger partial charge in [-0.25, -0.2) is 0 Å². The summed E-state index contributed by atoms with van der Waals surface area (Å²) in [7, 11) is 3.27. The molecule has 0 atom stereocenters. The van der Waals surface area contributed by atoms with Crippen molar-refractivity contribution in [2.45, 2.75) is 0 Å². The Labute approximate surface area is 95.2 Å². The molecular weight excluding hydrogens is 259 g/mol. The van der Waals surface area contributed by atoms with Gasteiger partial charge in [0.15, 0.2) is 0 Å². The van der Waals surface area contributed by atoms with Crippen molar-refractivity contribution < 1.29 is 9.47 Å². The van der Waals surface area contributed by atoms with E-state index in [1.165, 1.54) is 0 Å². The van der Waals surface area contributed by atoms with E-state index in [1.54, 1.807) is 24.2 Å². The van der Waals surface area contributed by atoms with E-state index in [4.69, 9.17) is 20.0 Å². The second-order valence-corrected chi connectivity index (χ2v) is 3.36. The van der Waals surface area contributed by atoms with Crippen molar-refractivity contribution in [1.82, 2.24) is 0 Å². The van der Waals surface area contributed by atoms with Crippen LogP contribution >= 0.6 is 0 Å². The fourth-order valence-electron chi connectivity index (χ4n) is 0.749. The molecule has 0 unspecified atom stereocenters. The van der Waals surface area contributed by atoms with Gasteiger partial charge in [0.05, 0.1) is 14.2 Å². The summed E-state index contributed by atoms with van der Waals surface area (Å²) in [5.74, 6) is 1.64. The van der Waals surface area contributed by atoms with E-state index in [-0.39, 0.29) is 0 Å². The van der Waals surface area contributed by atoms with Crippen LogP contribution < -0.4 is 9.47 Å². The van der Waals surface area contributed by atoms with Crippen molar-refractivity contribution in [2.24, 2.45) is 0 Å². The van der Waals surface area contributed by atoms with Gasteiger partial charge in [-0.2, -0.15) is 0 Å². The summed E-state index contributed by atoms with van der Waals surface area (Å²) in [6.45, 7) is 0. The summed E-state index contributed by atoms with van der Waals surface area (Å²) in [4.78, 5) is 3.44. The van der Waals surface area contributed by atoms with Crippen molar-refractivity contribution in [3.8, 4) is 21.4 Å². The van der Waals surface area contributed by atoms with Crippen LogP contribution in [-0.4, -0.2) is 29.2 Å². The zero-order chi connectivity index (χ0) is 11.5. The SMILES string of the molecule is COc1cccc(OC)c1.N#C[Se]C#N. The van der Waals surface area contributed by atoms with E-state index in [0.717, 1.165) is 11.5 Å². The maximum absolute atomic E-state index is 7.62. The number of methoxy groups -OCH3 is 2. The molecule has 4 nitrogen and oxygen atoms in total. The number of nitriles is 2. The number of hydrogen-bond donors (Lipinski definition) is 0. The minimum absolute atomic E-state index is 0.431. The molecule has 0 fully saturated rings. The van der Waals surface area contributed by atoms with Gasteiger partial charge in [0, 0.05) is 6.07 Å². The topological polar surface area (TPSA) is 66.0 Å². The van der Waals surface area contributed by atoms with Gasteiger partial charge >= 0.3 is 35.4 Å². The molecule has 0 aromatic heterocycles. The van der Waals surface area contributed by atoms with E-state index in [1.807, 2.05) is 24.3 Å². The molecule has 0 aliphatic heterocycles. The van der Waals surface area contributed by atoms with Crippen LogP contribution in [0.3, 0.4) is 0 Å². The molecule has 0 aliphatic rings. The van der Waals surface area contributed by atoms with Crippen LogP contribution in [0, 0.1) is 20.5 Å². The average molecular weight is 269 g/mol. The number of rotatable bonds is 2. The van der Waals surface area contributed by atoms with Crippen molar-refractivity contribution >= 4 is 15.0 Å². The van der Waals surface area contributed by atoms with Crippen LogP contribution in [0.4, 0.5) is 0 Å². The Kier molecular flexibility index (Phi) is 7.90. The Morgan fingerprint density at radius 1 is 1.07 bits per heavy atom. The van der Waals surface area contributed by atoms with Gasteiger partial charge in [0.25, 0.3) is 0 Å². The Morgan fingerprint density at radius 3 is 1.80 bits per heavy atom. The molecule has 0 N–H and O–H groups in total. The third kappa shape index (κ3) is 6.40. The first-order valence-electron chi connectivity index (χ1n) is 3.90. The van der Waals surface area contributed by atoms with Crippen LogP contribution in [-0.2, 0) is 0 Å². The molecule has 78 valence electrons. The number of benzene rings is 1. The molecule has 1 rings (SSSR count). The summed E-state index contributed by atoms with van der Waals surface area (Å²) >= 11 is -0.431. The van der Waals surface area contributed by atoms with Crippen LogP contribution in [0.15, 0.2) is 24.3 Å². The minimum atomic E-state index is -0.431. The summed E-state index contributed by atoms with van der Waals surface area (Å²) in [6, 6.07) is 7.47. The Hall–Kier alpha value is -1.68. The predicted octanol–water partition coefficient (Wildman–Crippen LogP) is 1.36. The van der Waals surface area contributed by atoms with Gasteiger partial charge in [-0.1, -0.05) is 6.07 Å².